The average molecular weight is 415 g/mol. The highest BCUT2D eigenvalue weighted by Gasteiger charge is 2.18. The van der Waals surface area contributed by atoms with E-state index in [1.54, 1.807) is 24.3 Å². The van der Waals surface area contributed by atoms with E-state index in [1.807, 2.05) is 32.9 Å². The largest absolute Gasteiger partial charge is 0.490 e. The van der Waals surface area contributed by atoms with E-state index in [0.717, 1.165) is 5.56 Å². The first-order chi connectivity index (χ1) is 14.5. The number of benzene rings is 2. The summed E-state index contributed by atoms with van der Waals surface area (Å²) in [6.45, 7) is 6.23. The Kier molecular flexibility index (Phi) is 7.00. The molecule has 30 heavy (non-hydrogen) atoms. The van der Waals surface area contributed by atoms with Crippen LogP contribution < -0.4 is 24.3 Å². The Bertz CT molecular complexity index is 912. The van der Waals surface area contributed by atoms with Crippen molar-refractivity contribution >= 4 is 11.9 Å². The number of nitrogens with one attached hydrogen (secondary N) is 1. The SMILES string of the molecule is CCOc1ccc(C(=O)OCC(=O)NC(C)c2ccc3c(c2)OCO3)cc1OCC. The first-order valence-electron chi connectivity index (χ1n) is 9.77. The van der Waals surface area contributed by atoms with E-state index in [9.17, 15) is 9.59 Å². The van der Waals surface area contributed by atoms with Gasteiger partial charge in [0.2, 0.25) is 6.79 Å². The number of amides is 1. The quantitative estimate of drug-likeness (QED) is 0.629. The minimum atomic E-state index is -0.620. The van der Waals surface area contributed by atoms with E-state index < -0.39 is 18.5 Å². The van der Waals surface area contributed by atoms with Crippen LogP contribution >= 0.6 is 0 Å². The van der Waals surface area contributed by atoms with Crippen molar-refractivity contribution in [2.75, 3.05) is 26.6 Å². The average Bonchev–Trinajstić information content (AvgIpc) is 3.21. The van der Waals surface area contributed by atoms with Gasteiger partial charge in [0.15, 0.2) is 29.6 Å². The highest BCUT2D eigenvalue weighted by Crippen LogP contribution is 2.34. The molecular formula is C22H25NO7. The predicted octanol–water partition coefficient (Wildman–Crippen LogP) is 3.25. The second-order valence-electron chi connectivity index (χ2n) is 6.51. The summed E-state index contributed by atoms with van der Waals surface area (Å²) in [5.41, 5.74) is 1.13. The molecule has 0 fully saturated rings. The van der Waals surface area contributed by atoms with Crippen molar-refractivity contribution in [3.8, 4) is 23.0 Å². The fourth-order valence-corrected chi connectivity index (χ4v) is 2.94. The van der Waals surface area contributed by atoms with Gasteiger partial charge < -0.3 is 29.0 Å². The first-order valence-corrected chi connectivity index (χ1v) is 9.77. The molecule has 0 aromatic heterocycles. The van der Waals surface area contributed by atoms with Crippen molar-refractivity contribution in [1.29, 1.82) is 0 Å². The maximum Gasteiger partial charge on any atom is 0.338 e. The summed E-state index contributed by atoms with van der Waals surface area (Å²) in [6.07, 6.45) is 0. The van der Waals surface area contributed by atoms with Crippen molar-refractivity contribution in [1.82, 2.24) is 5.32 Å². The normalized spacial score (nSPS) is 12.8. The van der Waals surface area contributed by atoms with Gasteiger partial charge >= 0.3 is 5.97 Å². The molecule has 1 aliphatic heterocycles. The maximum atomic E-state index is 12.3. The number of rotatable bonds is 9. The molecule has 1 aliphatic rings. The van der Waals surface area contributed by atoms with Gasteiger partial charge in [0.25, 0.3) is 5.91 Å². The van der Waals surface area contributed by atoms with Gasteiger partial charge in [-0.05, 0) is 56.7 Å². The molecule has 1 heterocycles. The van der Waals surface area contributed by atoms with Crippen LogP contribution in [-0.4, -0.2) is 38.5 Å². The molecule has 3 rings (SSSR count). The molecule has 0 saturated heterocycles. The fraction of sp³-hybridized carbons (Fsp3) is 0.364. The molecule has 1 atom stereocenters. The van der Waals surface area contributed by atoms with Gasteiger partial charge in [0, 0.05) is 0 Å². The summed E-state index contributed by atoms with van der Waals surface area (Å²) >= 11 is 0. The summed E-state index contributed by atoms with van der Waals surface area (Å²) in [5.74, 6) is 1.28. The van der Waals surface area contributed by atoms with Crippen molar-refractivity contribution < 1.29 is 33.3 Å². The Morgan fingerprint density at radius 1 is 1.00 bits per heavy atom. The molecular weight excluding hydrogens is 390 g/mol. The zero-order valence-electron chi connectivity index (χ0n) is 17.2. The second kappa shape index (κ2) is 9.87. The van der Waals surface area contributed by atoms with Gasteiger partial charge in [-0.25, -0.2) is 4.79 Å². The molecule has 0 bridgehead atoms. The lowest BCUT2D eigenvalue weighted by atomic mass is 10.1. The van der Waals surface area contributed by atoms with Crippen molar-refractivity contribution in [2.24, 2.45) is 0 Å². The maximum absolute atomic E-state index is 12.3. The minimum absolute atomic E-state index is 0.187. The lowest BCUT2D eigenvalue weighted by Gasteiger charge is -2.15. The summed E-state index contributed by atoms with van der Waals surface area (Å²) in [6, 6.07) is 9.93. The lowest BCUT2D eigenvalue weighted by Crippen LogP contribution is -2.31. The van der Waals surface area contributed by atoms with E-state index in [4.69, 9.17) is 23.7 Å². The van der Waals surface area contributed by atoms with Crippen LogP contribution in [0.1, 0.15) is 42.7 Å². The van der Waals surface area contributed by atoms with Gasteiger partial charge in [-0.1, -0.05) is 6.07 Å². The monoisotopic (exact) mass is 415 g/mol. The zero-order valence-corrected chi connectivity index (χ0v) is 17.2. The third kappa shape index (κ3) is 5.14. The van der Waals surface area contributed by atoms with Crippen LogP contribution in [0.15, 0.2) is 36.4 Å². The molecule has 2 aromatic carbocycles. The van der Waals surface area contributed by atoms with Gasteiger partial charge in [0.05, 0.1) is 24.8 Å². The molecule has 1 N–H and O–H groups in total. The highest BCUT2D eigenvalue weighted by atomic mass is 16.7. The van der Waals surface area contributed by atoms with Gasteiger partial charge in [0.1, 0.15) is 0 Å². The van der Waals surface area contributed by atoms with Crippen molar-refractivity contribution in [2.45, 2.75) is 26.8 Å². The predicted molar refractivity (Wildman–Crippen MR) is 108 cm³/mol. The molecule has 8 nitrogen and oxygen atoms in total. The van der Waals surface area contributed by atoms with Gasteiger partial charge in [-0.3, -0.25) is 4.79 Å². The van der Waals surface area contributed by atoms with E-state index >= 15 is 0 Å². The molecule has 0 saturated carbocycles. The van der Waals surface area contributed by atoms with Crippen LogP contribution in [0, 0.1) is 0 Å². The summed E-state index contributed by atoms with van der Waals surface area (Å²) < 4.78 is 26.8. The van der Waals surface area contributed by atoms with Crippen molar-refractivity contribution in [3.63, 3.8) is 0 Å². The van der Waals surface area contributed by atoms with E-state index in [0.29, 0.717) is 36.2 Å². The first kappa shape index (κ1) is 21.3. The molecule has 2 aromatic rings. The van der Waals surface area contributed by atoms with Crippen LogP contribution in [0.2, 0.25) is 0 Å². The number of carbonyl (C=O) groups excluding carboxylic acids is 2. The Balaban J connectivity index is 1.55. The van der Waals surface area contributed by atoms with Crippen molar-refractivity contribution in [3.05, 3.63) is 47.5 Å². The van der Waals surface area contributed by atoms with Gasteiger partial charge in [-0.15, -0.1) is 0 Å². The number of ether oxygens (including phenoxy) is 5. The van der Waals surface area contributed by atoms with Crippen LogP contribution in [-0.2, 0) is 9.53 Å². The summed E-state index contributed by atoms with van der Waals surface area (Å²) in [5, 5.41) is 2.79. The molecule has 1 unspecified atom stereocenters. The number of esters is 1. The number of carbonyl (C=O) groups is 2. The van der Waals surface area contributed by atoms with E-state index in [2.05, 4.69) is 5.32 Å². The fourth-order valence-electron chi connectivity index (χ4n) is 2.94. The number of hydrogen-bond acceptors (Lipinski definition) is 7. The van der Waals surface area contributed by atoms with Crippen LogP contribution in [0.5, 0.6) is 23.0 Å². The molecule has 0 radical (unpaired) electrons. The van der Waals surface area contributed by atoms with Gasteiger partial charge in [-0.2, -0.15) is 0 Å². The van der Waals surface area contributed by atoms with E-state index in [1.165, 1.54) is 0 Å². The number of fused-ring (bicyclic) bond motifs is 1. The molecule has 8 heteroatoms. The zero-order chi connectivity index (χ0) is 21.5. The Morgan fingerprint density at radius 2 is 1.73 bits per heavy atom. The minimum Gasteiger partial charge on any atom is -0.490 e. The lowest BCUT2D eigenvalue weighted by molar-refractivity contribution is -0.124. The summed E-state index contributed by atoms with van der Waals surface area (Å²) in [4.78, 5) is 24.5. The molecule has 0 aliphatic carbocycles. The van der Waals surface area contributed by atoms with E-state index in [-0.39, 0.29) is 18.4 Å². The Labute approximate surface area is 175 Å². The third-order valence-corrected chi connectivity index (χ3v) is 4.39. The topological polar surface area (TPSA) is 92.3 Å². The van der Waals surface area contributed by atoms with Crippen LogP contribution in [0.4, 0.5) is 0 Å². The smallest absolute Gasteiger partial charge is 0.338 e. The van der Waals surface area contributed by atoms with Crippen LogP contribution in [0.3, 0.4) is 0 Å². The molecule has 160 valence electrons. The highest BCUT2D eigenvalue weighted by molar-refractivity contribution is 5.92. The van der Waals surface area contributed by atoms with Crippen LogP contribution in [0.25, 0.3) is 0 Å². The number of hydrogen-bond donors (Lipinski definition) is 1. The summed E-state index contributed by atoms with van der Waals surface area (Å²) in [7, 11) is 0. The second-order valence-corrected chi connectivity index (χ2v) is 6.51. The third-order valence-electron chi connectivity index (χ3n) is 4.39. The standard InChI is InChI=1S/C22H25NO7/c1-4-26-17-9-7-16(11-19(17)27-5-2)22(25)28-12-21(24)23-14(3)15-6-8-18-20(10-15)30-13-29-18/h6-11,14H,4-5,12-13H2,1-3H3,(H,23,24). The Morgan fingerprint density at radius 3 is 2.50 bits per heavy atom. The molecule has 1 amide bonds. The molecule has 0 spiro atoms. The Hall–Kier alpha value is -3.42.